The van der Waals surface area contributed by atoms with Crippen molar-refractivity contribution in [2.45, 2.75) is 32.8 Å². The second kappa shape index (κ2) is 7.32. The summed E-state index contributed by atoms with van der Waals surface area (Å²) in [5.74, 6) is -0.0186. The number of ether oxygens (including phenoxy) is 1. The van der Waals surface area contributed by atoms with Gasteiger partial charge in [-0.2, -0.15) is 0 Å². The molecule has 0 aromatic heterocycles. The maximum absolute atomic E-state index is 12.2. The van der Waals surface area contributed by atoms with Gasteiger partial charge in [0.05, 0.1) is 0 Å². The molecule has 0 unspecified atom stereocenters. The van der Waals surface area contributed by atoms with Crippen molar-refractivity contribution in [3.8, 4) is 0 Å². The second-order valence-electron chi connectivity index (χ2n) is 6.41. The van der Waals surface area contributed by atoms with Crippen molar-refractivity contribution in [1.82, 2.24) is 4.90 Å². The number of nitrogens with one attached hydrogen (secondary N) is 1. The third-order valence-electron chi connectivity index (χ3n) is 4.87. The Labute approximate surface area is 138 Å². The molecule has 5 heteroatoms. The number of piperazine rings is 1. The van der Waals surface area contributed by atoms with Gasteiger partial charge in [-0.25, -0.2) is 0 Å². The molecule has 2 saturated heterocycles. The molecular formula is C18H27N3O2. The third-order valence-corrected chi connectivity index (χ3v) is 4.87. The summed E-state index contributed by atoms with van der Waals surface area (Å²) in [5.41, 5.74) is 3.24. The highest BCUT2D eigenvalue weighted by molar-refractivity contribution is 5.95. The monoisotopic (exact) mass is 317 g/mol. The average Bonchev–Trinajstić information content (AvgIpc) is 3.11. The minimum atomic E-state index is -0.281. The van der Waals surface area contributed by atoms with Crippen LogP contribution in [0.2, 0.25) is 0 Å². The molecule has 126 valence electrons. The lowest BCUT2D eigenvalue weighted by atomic mass is 10.1. The Kier molecular flexibility index (Phi) is 5.18. The number of nitrogens with zero attached hydrogens (tertiary/aromatic N) is 2. The number of hydrogen-bond acceptors (Lipinski definition) is 4. The molecule has 2 aliphatic rings. The number of aryl methyl sites for hydroxylation is 1. The fourth-order valence-corrected chi connectivity index (χ4v) is 3.30. The molecule has 0 spiro atoms. The zero-order valence-electron chi connectivity index (χ0n) is 14.2. The van der Waals surface area contributed by atoms with E-state index >= 15 is 0 Å². The molecule has 1 amide bonds. The lowest BCUT2D eigenvalue weighted by Crippen LogP contribution is -2.46. The van der Waals surface area contributed by atoms with Crippen LogP contribution < -0.4 is 10.2 Å². The van der Waals surface area contributed by atoms with Gasteiger partial charge in [0.15, 0.2) is 0 Å². The Morgan fingerprint density at radius 2 is 2.09 bits per heavy atom. The summed E-state index contributed by atoms with van der Waals surface area (Å²) in [6.45, 7) is 10.5. The van der Waals surface area contributed by atoms with Crippen LogP contribution in [0, 0.1) is 6.92 Å². The van der Waals surface area contributed by atoms with Crippen molar-refractivity contribution in [3.63, 3.8) is 0 Å². The molecule has 0 bridgehead atoms. The molecule has 0 radical (unpaired) electrons. The Balaban J connectivity index is 1.62. The van der Waals surface area contributed by atoms with Crippen molar-refractivity contribution < 1.29 is 9.53 Å². The van der Waals surface area contributed by atoms with Crippen molar-refractivity contribution in [3.05, 3.63) is 23.8 Å². The maximum atomic E-state index is 12.2. The van der Waals surface area contributed by atoms with Crippen LogP contribution in [0.1, 0.15) is 25.3 Å². The largest absolute Gasteiger partial charge is 0.369 e. The van der Waals surface area contributed by atoms with Crippen LogP contribution in [0.25, 0.3) is 0 Å². The van der Waals surface area contributed by atoms with E-state index in [1.165, 1.54) is 5.69 Å². The normalized spacial score (nSPS) is 22.3. The molecule has 1 aromatic rings. The van der Waals surface area contributed by atoms with Gasteiger partial charge in [0.1, 0.15) is 6.10 Å². The number of hydrogen-bond donors (Lipinski definition) is 1. The summed E-state index contributed by atoms with van der Waals surface area (Å²) in [6, 6.07) is 6.30. The number of carbonyl (C=O) groups is 1. The van der Waals surface area contributed by atoms with Gasteiger partial charge in [-0.1, -0.05) is 6.92 Å². The zero-order valence-corrected chi connectivity index (χ0v) is 14.2. The Hall–Kier alpha value is -1.59. The van der Waals surface area contributed by atoms with E-state index in [2.05, 4.69) is 41.1 Å². The van der Waals surface area contributed by atoms with E-state index in [4.69, 9.17) is 4.74 Å². The summed E-state index contributed by atoms with van der Waals surface area (Å²) >= 11 is 0. The van der Waals surface area contributed by atoms with E-state index in [-0.39, 0.29) is 12.0 Å². The van der Waals surface area contributed by atoms with Gasteiger partial charge in [0.25, 0.3) is 5.91 Å². The first kappa shape index (κ1) is 16.3. The van der Waals surface area contributed by atoms with E-state index in [0.29, 0.717) is 6.61 Å². The predicted molar refractivity (Wildman–Crippen MR) is 93.1 cm³/mol. The second-order valence-corrected chi connectivity index (χ2v) is 6.41. The van der Waals surface area contributed by atoms with Gasteiger partial charge < -0.3 is 19.9 Å². The SMILES string of the molecule is CCN1CCN(c2ccc(NC(=O)[C@H]3CCCO3)c(C)c2)CC1. The van der Waals surface area contributed by atoms with E-state index in [1.807, 2.05) is 6.07 Å². The van der Waals surface area contributed by atoms with E-state index in [1.54, 1.807) is 0 Å². The fourth-order valence-electron chi connectivity index (χ4n) is 3.30. The summed E-state index contributed by atoms with van der Waals surface area (Å²) in [7, 11) is 0. The van der Waals surface area contributed by atoms with Crippen LogP contribution in [0.4, 0.5) is 11.4 Å². The molecule has 23 heavy (non-hydrogen) atoms. The highest BCUT2D eigenvalue weighted by Crippen LogP contribution is 2.24. The molecule has 2 fully saturated rings. The van der Waals surface area contributed by atoms with Crippen LogP contribution >= 0.6 is 0 Å². The fraction of sp³-hybridized carbons (Fsp3) is 0.611. The standard InChI is InChI=1S/C18H27N3O2/c1-3-20-8-10-21(11-9-20)15-6-7-16(14(2)13-15)19-18(22)17-5-4-12-23-17/h6-7,13,17H,3-5,8-12H2,1-2H3,(H,19,22)/t17-/m1/s1. The minimum absolute atomic E-state index is 0.0186. The van der Waals surface area contributed by atoms with Gasteiger partial charge in [-0.15, -0.1) is 0 Å². The first-order valence-electron chi connectivity index (χ1n) is 8.68. The third kappa shape index (κ3) is 3.85. The number of likely N-dealkylation sites (N-methyl/N-ethyl adjacent to an activating group) is 1. The zero-order chi connectivity index (χ0) is 16.2. The molecule has 3 rings (SSSR count). The molecule has 1 N–H and O–H groups in total. The highest BCUT2D eigenvalue weighted by Gasteiger charge is 2.24. The van der Waals surface area contributed by atoms with Crippen molar-refractivity contribution in [1.29, 1.82) is 0 Å². The maximum Gasteiger partial charge on any atom is 0.253 e. The van der Waals surface area contributed by atoms with Gasteiger partial charge in [0.2, 0.25) is 0 Å². The van der Waals surface area contributed by atoms with E-state index in [0.717, 1.165) is 56.8 Å². The quantitative estimate of drug-likeness (QED) is 0.925. The molecule has 2 heterocycles. The van der Waals surface area contributed by atoms with Gasteiger partial charge in [-0.3, -0.25) is 4.79 Å². The Bertz CT molecular complexity index is 547. The first-order chi connectivity index (χ1) is 11.2. The lowest BCUT2D eigenvalue weighted by Gasteiger charge is -2.35. The van der Waals surface area contributed by atoms with E-state index < -0.39 is 0 Å². The topological polar surface area (TPSA) is 44.8 Å². The summed E-state index contributed by atoms with van der Waals surface area (Å²) in [6.07, 6.45) is 1.51. The summed E-state index contributed by atoms with van der Waals surface area (Å²) < 4.78 is 5.44. The Morgan fingerprint density at radius 3 is 2.70 bits per heavy atom. The highest BCUT2D eigenvalue weighted by atomic mass is 16.5. The lowest BCUT2D eigenvalue weighted by molar-refractivity contribution is -0.124. The van der Waals surface area contributed by atoms with Gasteiger partial charge >= 0.3 is 0 Å². The number of carbonyl (C=O) groups excluding carboxylic acids is 1. The molecule has 5 nitrogen and oxygen atoms in total. The minimum Gasteiger partial charge on any atom is -0.369 e. The van der Waals surface area contributed by atoms with E-state index in [9.17, 15) is 4.79 Å². The Morgan fingerprint density at radius 1 is 1.30 bits per heavy atom. The van der Waals surface area contributed by atoms with Crippen LogP contribution in [-0.2, 0) is 9.53 Å². The van der Waals surface area contributed by atoms with Gasteiger partial charge in [-0.05, 0) is 50.1 Å². The molecule has 1 aromatic carbocycles. The van der Waals surface area contributed by atoms with Crippen LogP contribution in [0.3, 0.4) is 0 Å². The average molecular weight is 317 g/mol. The van der Waals surface area contributed by atoms with Gasteiger partial charge in [0, 0.05) is 44.2 Å². The van der Waals surface area contributed by atoms with Crippen molar-refractivity contribution in [2.75, 3.05) is 49.5 Å². The van der Waals surface area contributed by atoms with Crippen LogP contribution in [-0.4, -0.2) is 56.2 Å². The predicted octanol–water partition coefficient (Wildman–Crippen LogP) is 2.25. The molecule has 2 aliphatic heterocycles. The van der Waals surface area contributed by atoms with Crippen molar-refractivity contribution in [2.24, 2.45) is 0 Å². The number of rotatable bonds is 4. The van der Waals surface area contributed by atoms with Crippen LogP contribution in [0.5, 0.6) is 0 Å². The summed E-state index contributed by atoms with van der Waals surface area (Å²) in [5, 5.41) is 3.01. The molecule has 1 atom stereocenters. The molecular weight excluding hydrogens is 290 g/mol. The number of benzene rings is 1. The molecule has 0 saturated carbocycles. The summed E-state index contributed by atoms with van der Waals surface area (Å²) in [4.78, 5) is 17.1. The first-order valence-corrected chi connectivity index (χ1v) is 8.68. The smallest absolute Gasteiger partial charge is 0.253 e. The van der Waals surface area contributed by atoms with Crippen LogP contribution in [0.15, 0.2) is 18.2 Å². The van der Waals surface area contributed by atoms with Crippen molar-refractivity contribution >= 4 is 17.3 Å². The number of anilines is 2. The molecule has 0 aliphatic carbocycles. The number of amides is 1.